The Bertz CT molecular complexity index is 2290. The third kappa shape index (κ3) is 3.91. The molecule has 202 valence electrons. The summed E-state index contributed by atoms with van der Waals surface area (Å²) in [5, 5.41) is 2.58. The van der Waals surface area contributed by atoms with Crippen molar-refractivity contribution in [1.82, 2.24) is 19.5 Å². The van der Waals surface area contributed by atoms with Gasteiger partial charge >= 0.3 is 0 Å². The van der Waals surface area contributed by atoms with E-state index in [1.54, 1.807) is 0 Å². The van der Waals surface area contributed by atoms with Gasteiger partial charge in [0.25, 0.3) is 0 Å². The van der Waals surface area contributed by atoms with Crippen LogP contribution in [0.2, 0.25) is 0 Å². The van der Waals surface area contributed by atoms with E-state index in [-0.39, 0.29) is 0 Å². The lowest BCUT2D eigenvalue weighted by Crippen LogP contribution is -2.00. The molecule has 0 N–H and O–H groups in total. The van der Waals surface area contributed by atoms with Crippen LogP contribution in [-0.2, 0) is 0 Å². The molecule has 43 heavy (non-hydrogen) atoms. The summed E-state index contributed by atoms with van der Waals surface area (Å²) in [6.45, 7) is 0. The second-order valence-corrected chi connectivity index (χ2v) is 12.6. The molecule has 0 saturated carbocycles. The number of thiophene rings is 2. The Labute approximate surface area is 255 Å². The molecule has 0 aliphatic carbocycles. The number of hydrogen-bond acceptors (Lipinski definition) is 5. The van der Waals surface area contributed by atoms with Crippen molar-refractivity contribution in [2.75, 3.05) is 0 Å². The van der Waals surface area contributed by atoms with Crippen molar-refractivity contribution < 1.29 is 0 Å². The molecule has 4 aromatic heterocycles. The average molecular weight is 587 g/mol. The van der Waals surface area contributed by atoms with Gasteiger partial charge in [0.15, 0.2) is 17.5 Å². The standard InChI is InChI=1S/C37H22N4S2/c1-3-11-23(12-4-1)35-38-36(24-13-5-2-6-14-24)40-37(39-35)25-19-21-26(22-20-25)41-31-27-15-7-9-17-29(27)42-33(31)34-32(41)28-16-8-10-18-30(28)43-34/h1-22H. The van der Waals surface area contributed by atoms with Crippen molar-refractivity contribution in [3.05, 3.63) is 133 Å². The maximum absolute atomic E-state index is 4.93. The van der Waals surface area contributed by atoms with Crippen LogP contribution in [0.3, 0.4) is 0 Å². The Morgan fingerprint density at radius 1 is 0.395 bits per heavy atom. The topological polar surface area (TPSA) is 43.6 Å². The lowest BCUT2D eigenvalue weighted by atomic mass is 10.1. The summed E-state index contributed by atoms with van der Waals surface area (Å²) in [6.07, 6.45) is 0. The normalized spacial score (nSPS) is 11.7. The first-order valence-corrected chi connectivity index (χ1v) is 15.8. The van der Waals surface area contributed by atoms with Gasteiger partial charge < -0.3 is 4.57 Å². The highest BCUT2D eigenvalue weighted by Gasteiger charge is 2.22. The Kier molecular flexibility index (Phi) is 5.51. The van der Waals surface area contributed by atoms with Gasteiger partial charge in [-0.25, -0.2) is 15.0 Å². The third-order valence-electron chi connectivity index (χ3n) is 7.88. The minimum absolute atomic E-state index is 0.657. The van der Waals surface area contributed by atoms with Crippen LogP contribution in [0.25, 0.3) is 80.5 Å². The summed E-state index contributed by atoms with van der Waals surface area (Å²) in [5.41, 5.74) is 6.55. The zero-order valence-electron chi connectivity index (χ0n) is 22.8. The van der Waals surface area contributed by atoms with Gasteiger partial charge in [-0.1, -0.05) is 97.1 Å². The van der Waals surface area contributed by atoms with Crippen molar-refractivity contribution >= 4 is 63.3 Å². The molecular formula is C37H22N4S2. The van der Waals surface area contributed by atoms with E-state index in [4.69, 9.17) is 15.0 Å². The first-order valence-electron chi connectivity index (χ1n) is 14.1. The molecule has 0 spiro atoms. The van der Waals surface area contributed by atoms with Gasteiger partial charge in [-0.15, -0.1) is 22.7 Å². The second kappa shape index (κ2) is 9.70. The summed E-state index contributed by atoms with van der Waals surface area (Å²) >= 11 is 3.77. The van der Waals surface area contributed by atoms with E-state index in [2.05, 4.69) is 77.4 Å². The largest absolute Gasteiger partial charge is 0.306 e. The Morgan fingerprint density at radius 3 is 1.26 bits per heavy atom. The fourth-order valence-electron chi connectivity index (χ4n) is 5.88. The third-order valence-corrected chi connectivity index (χ3v) is 10.4. The van der Waals surface area contributed by atoms with Gasteiger partial charge in [0, 0.05) is 42.6 Å². The lowest BCUT2D eigenvalue weighted by Gasteiger charge is -2.11. The fraction of sp³-hybridized carbons (Fsp3) is 0. The highest BCUT2D eigenvalue weighted by molar-refractivity contribution is 7.33. The van der Waals surface area contributed by atoms with E-state index in [1.165, 1.54) is 40.6 Å². The van der Waals surface area contributed by atoms with Crippen molar-refractivity contribution in [3.63, 3.8) is 0 Å². The highest BCUT2D eigenvalue weighted by Crippen LogP contribution is 2.48. The minimum atomic E-state index is 0.657. The summed E-state index contributed by atoms with van der Waals surface area (Å²) in [4.78, 5) is 14.7. The van der Waals surface area contributed by atoms with Gasteiger partial charge in [0.05, 0.1) is 20.4 Å². The molecule has 0 unspecified atom stereocenters. The van der Waals surface area contributed by atoms with Crippen LogP contribution >= 0.6 is 22.7 Å². The number of nitrogens with zero attached hydrogens (tertiary/aromatic N) is 4. The molecule has 0 atom stereocenters. The Morgan fingerprint density at radius 2 is 0.791 bits per heavy atom. The first kappa shape index (κ1) is 24.4. The molecule has 0 saturated heterocycles. The maximum Gasteiger partial charge on any atom is 0.164 e. The number of hydrogen-bond donors (Lipinski definition) is 0. The number of rotatable bonds is 4. The SMILES string of the molecule is c1ccc(-c2nc(-c3ccccc3)nc(-c3ccc(-n4c5c6ccccc6sc5c5sc6ccccc6c54)cc3)n2)cc1. The van der Waals surface area contributed by atoms with E-state index in [9.17, 15) is 0 Å². The average Bonchev–Trinajstić information content (AvgIpc) is 3.74. The predicted molar refractivity (Wildman–Crippen MR) is 181 cm³/mol. The van der Waals surface area contributed by atoms with Crippen molar-refractivity contribution in [3.8, 4) is 39.9 Å². The van der Waals surface area contributed by atoms with E-state index >= 15 is 0 Å². The molecule has 0 aliphatic rings. The summed E-state index contributed by atoms with van der Waals surface area (Å²) < 4.78 is 7.76. The molecule has 4 heterocycles. The van der Waals surface area contributed by atoms with E-state index in [0.29, 0.717) is 17.5 Å². The zero-order chi connectivity index (χ0) is 28.3. The molecule has 9 aromatic rings. The molecule has 0 amide bonds. The number of benzene rings is 5. The Balaban J connectivity index is 1.24. The molecule has 0 bridgehead atoms. The molecule has 0 fully saturated rings. The quantitative estimate of drug-likeness (QED) is 0.206. The smallest absolute Gasteiger partial charge is 0.164 e. The van der Waals surface area contributed by atoms with Crippen LogP contribution in [0.4, 0.5) is 0 Å². The van der Waals surface area contributed by atoms with Gasteiger partial charge in [-0.2, -0.15) is 0 Å². The van der Waals surface area contributed by atoms with E-state index in [0.717, 1.165) is 22.4 Å². The van der Waals surface area contributed by atoms with Gasteiger partial charge in [-0.3, -0.25) is 0 Å². The molecule has 4 nitrogen and oxygen atoms in total. The molecule has 0 aliphatic heterocycles. The molecular weight excluding hydrogens is 565 g/mol. The number of aromatic nitrogens is 4. The highest BCUT2D eigenvalue weighted by atomic mass is 32.1. The van der Waals surface area contributed by atoms with Crippen LogP contribution < -0.4 is 0 Å². The van der Waals surface area contributed by atoms with Crippen LogP contribution in [0.5, 0.6) is 0 Å². The van der Waals surface area contributed by atoms with Crippen molar-refractivity contribution in [1.29, 1.82) is 0 Å². The second-order valence-electron chi connectivity index (χ2n) is 10.5. The van der Waals surface area contributed by atoms with E-state index in [1.807, 2.05) is 83.3 Å². The van der Waals surface area contributed by atoms with Crippen LogP contribution in [0.1, 0.15) is 0 Å². The van der Waals surface area contributed by atoms with Gasteiger partial charge in [-0.05, 0) is 36.4 Å². The van der Waals surface area contributed by atoms with Crippen LogP contribution in [0, 0.1) is 0 Å². The summed E-state index contributed by atoms with van der Waals surface area (Å²) in [6, 6.07) is 46.3. The molecule has 6 heteroatoms. The molecule has 0 radical (unpaired) electrons. The summed E-state index contributed by atoms with van der Waals surface area (Å²) in [7, 11) is 0. The summed E-state index contributed by atoms with van der Waals surface area (Å²) in [5.74, 6) is 1.98. The Hall–Kier alpha value is -5.17. The number of fused-ring (bicyclic) bond motifs is 7. The van der Waals surface area contributed by atoms with Crippen molar-refractivity contribution in [2.45, 2.75) is 0 Å². The fourth-order valence-corrected chi connectivity index (χ4v) is 8.39. The predicted octanol–water partition coefficient (Wildman–Crippen LogP) is 10.4. The first-order chi connectivity index (χ1) is 21.3. The maximum atomic E-state index is 4.93. The zero-order valence-corrected chi connectivity index (χ0v) is 24.4. The molecule has 5 aromatic carbocycles. The molecule has 9 rings (SSSR count). The minimum Gasteiger partial charge on any atom is -0.306 e. The monoisotopic (exact) mass is 586 g/mol. The lowest BCUT2D eigenvalue weighted by molar-refractivity contribution is 1.07. The van der Waals surface area contributed by atoms with Gasteiger partial charge in [0.1, 0.15) is 0 Å². The van der Waals surface area contributed by atoms with Gasteiger partial charge in [0.2, 0.25) is 0 Å². The van der Waals surface area contributed by atoms with Crippen LogP contribution in [-0.4, -0.2) is 19.5 Å². The van der Waals surface area contributed by atoms with Crippen LogP contribution in [0.15, 0.2) is 133 Å². The van der Waals surface area contributed by atoms with E-state index < -0.39 is 0 Å². The van der Waals surface area contributed by atoms with Crippen molar-refractivity contribution in [2.24, 2.45) is 0 Å².